The van der Waals surface area contributed by atoms with Crippen LogP contribution in [0, 0.1) is 0 Å². The first-order valence-electron chi connectivity index (χ1n) is 9.37. The summed E-state index contributed by atoms with van der Waals surface area (Å²) >= 11 is 1.90. The van der Waals surface area contributed by atoms with Crippen LogP contribution in [0.5, 0.6) is 0 Å². The third kappa shape index (κ3) is 3.93. The summed E-state index contributed by atoms with van der Waals surface area (Å²) in [5.41, 5.74) is 4.57. The number of nitrogens with zero attached hydrogens (tertiary/aromatic N) is 2. The smallest absolute Gasteiger partial charge is 0.272 e. The van der Waals surface area contributed by atoms with E-state index in [9.17, 15) is 4.79 Å². The van der Waals surface area contributed by atoms with E-state index in [2.05, 4.69) is 41.5 Å². The van der Waals surface area contributed by atoms with Gasteiger partial charge in [0.15, 0.2) is 0 Å². The van der Waals surface area contributed by atoms with Crippen molar-refractivity contribution in [2.75, 3.05) is 29.9 Å². The summed E-state index contributed by atoms with van der Waals surface area (Å²) in [6.07, 6.45) is 1.02. The highest BCUT2D eigenvalue weighted by molar-refractivity contribution is 7.99. The average Bonchev–Trinajstić information content (AvgIpc) is 2.74. The predicted molar refractivity (Wildman–Crippen MR) is 114 cm³/mol. The van der Waals surface area contributed by atoms with E-state index in [0.717, 1.165) is 53.3 Å². The first-order valence-corrected chi connectivity index (χ1v) is 10.5. The first-order chi connectivity index (χ1) is 13.2. The largest absolute Gasteiger partial charge is 0.355 e. The maximum absolute atomic E-state index is 13.0. The molecule has 1 amide bonds. The van der Waals surface area contributed by atoms with E-state index in [1.165, 1.54) is 5.56 Å². The van der Waals surface area contributed by atoms with Crippen molar-refractivity contribution in [1.82, 2.24) is 9.88 Å². The lowest BCUT2D eigenvalue weighted by atomic mass is 10.1. The Morgan fingerprint density at radius 2 is 1.85 bits per heavy atom. The van der Waals surface area contributed by atoms with Crippen LogP contribution in [0.15, 0.2) is 54.6 Å². The molecule has 2 aromatic carbocycles. The molecular weight excluding hydrogens is 354 g/mol. The molecule has 0 spiro atoms. The van der Waals surface area contributed by atoms with Crippen LogP contribution in [-0.4, -0.2) is 40.4 Å². The number of benzene rings is 2. The molecule has 27 heavy (non-hydrogen) atoms. The summed E-state index contributed by atoms with van der Waals surface area (Å²) in [4.78, 5) is 19.5. The molecule has 0 saturated carbocycles. The van der Waals surface area contributed by atoms with Gasteiger partial charge in [0.25, 0.3) is 5.91 Å². The fourth-order valence-electron chi connectivity index (χ4n) is 3.30. The molecule has 0 radical (unpaired) electrons. The quantitative estimate of drug-likeness (QED) is 0.714. The second kappa shape index (κ2) is 8.01. The van der Waals surface area contributed by atoms with E-state index in [4.69, 9.17) is 0 Å². The highest BCUT2D eigenvalue weighted by Crippen LogP contribution is 2.27. The Bertz CT molecular complexity index is 949. The summed E-state index contributed by atoms with van der Waals surface area (Å²) < 4.78 is 0. The molecule has 5 heteroatoms. The summed E-state index contributed by atoms with van der Waals surface area (Å²) in [6.45, 7) is 3.73. The molecule has 1 fully saturated rings. The number of rotatable bonds is 4. The van der Waals surface area contributed by atoms with Gasteiger partial charge in [-0.25, -0.2) is 4.98 Å². The summed E-state index contributed by atoms with van der Waals surface area (Å²) in [5.74, 6) is 2.01. The Morgan fingerprint density at radius 3 is 2.59 bits per heavy atom. The van der Waals surface area contributed by atoms with Gasteiger partial charge >= 0.3 is 0 Å². The monoisotopic (exact) mass is 377 g/mol. The first kappa shape index (κ1) is 17.9. The number of carbonyl (C=O) groups is 1. The van der Waals surface area contributed by atoms with Gasteiger partial charge in [0, 0.05) is 35.7 Å². The molecule has 1 saturated heterocycles. The Balaban J connectivity index is 1.70. The fourth-order valence-corrected chi connectivity index (χ4v) is 4.20. The van der Waals surface area contributed by atoms with Crippen LogP contribution in [0.1, 0.15) is 23.0 Å². The summed E-state index contributed by atoms with van der Waals surface area (Å²) in [7, 11) is 0. The SMILES string of the molecule is CCc1ccc(Nc2cc(C(=O)N3CCSCC3)nc3ccccc23)cc1. The van der Waals surface area contributed by atoms with Gasteiger partial charge in [0.1, 0.15) is 5.69 Å². The number of para-hydroxylation sites is 1. The van der Waals surface area contributed by atoms with E-state index < -0.39 is 0 Å². The molecule has 4 rings (SSSR count). The van der Waals surface area contributed by atoms with E-state index in [1.807, 2.05) is 47.0 Å². The van der Waals surface area contributed by atoms with Crippen molar-refractivity contribution in [3.8, 4) is 0 Å². The van der Waals surface area contributed by atoms with Crippen LogP contribution in [0.4, 0.5) is 11.4 Å². The van der Waals surface area contributed by atoms with Crippen LogP contribution >= 0.6 is 11.8 Å². The van der Waals surface area contributed by atoms with Gasteiger partial charge in [0.05, 0.1) is 11.2 Å². The molecule has 3 aromatic rings. The maximum Gasteiger partial charge on any atom is 0.272 e. The van der Waals surface area contributed by atoms with Gasteiger partial charge in [0.2, 0.25) is 0 Å². The lowest BCUT2D eigenvalue weighted by Gasteiger charge is -2.26. The summed E-state index contributed by atoms with van der Waals surface area (Å²) in [6, 6.07) is 18.3. The minimum atomic E-state index is 0.0189. The number of aryl methyl sites for hydroxylation is 1. The average molecular weight is 378 g/mol. The molecule has 0 unspecified atom stereocenters. The number of amides is 1. The lowest BCUT2D eigenvalue weighted by Crippen LogP contribution is -2.38. The number of carbonyl (C=O) groups excluding carboxylic acids is 1. The highest BCUT2D eigenvalue weighted by atomic mass is 32.2. The van der Waals surface area contributed by atoms with Gasteiger partial charge in [-0.1, -0.05) is 37.3 Å². The number of nitrogens with one attached hydrogen (secondary N) is 1. The summed E-state index contributed by atoms with van der Waals surface area (Å²) in [5, 5.41) is 4.50. The number of hydrogen-bond donors (Lipinski definition) is 1. The lowest BCUT2D eigenvalue weighted by molar-refractivity contribution is 0.0767. The molecule has 0 aliphatic carbocycles. The Morgan fingerprint density at radius 1 is 1.11 bits per heavy atom. The van der Waals surface area contributed by atoms with Gasteiger partial charge in [-0.3, -0.25) is 4.79 Å². The molecule has 1 aliphatic rings. The predicted octanol–water partition coefficient (Wildman–Crippen LogP) is 4.73. The third-order valence-electron chi connectivity index (χ3n) is 4.87. The van der Waals surface area contributed by atoms with Crippen LogP contribution in [0.25, 0.3) is 10.9 Å². The van der Waals surface area contributed by atoms with Crippen molar-refractivity contribution < 1.29 is 4.79 Å². The van der Waals surface area contributed by atoms with E-state index >= 15 is 0 Å². The zero-order chi connectivity index (χ0) is 18.6. The topological polar surface area (TPSA) is 45.2 Å². The Kier molecular flexibility index (Phi) is 5.30. The van der Waals surface area contributed by atoms with Crippen molar-refractivity contribution in [3.63, 3.8) is 0 Å². The van der Waals surface area contributed by atoms with Crippen molar-refractivity contribution >= 4 is 39.9 Å². The van der Waals surface area contributed by atoms with Gasteiger partial charge in [-0.2, -0.15) is 11.8 Å². The number of hydrogen-bond acceptors (Lipinski definition) is 4. The van der Waals surface area contributed by atoms with Crippen LogP contribution in [-0.2, 0) is 6.42 Å². The maximum atomic E-state index is 13.0. The van der Waals surface area contributed by atoms with Crippen molar-refractivity contribution in [1.29, 1.82) is 0 Å². The van der Waals surface area contributed by atoms with Crippen molar-refractivity contribution in [2.45, 2.75) is 13.3 Å². The minimum Gasteiger partial charge on any atom is -0.355 e. The second-order valence-corrected chi connectivity index (χ2v) is 7.88. The molecule has 1 N–H and O–H groups in total. The number of anilines is 2. The molecule has 1 aromatic heterocycles. The second-order valence-electron chi connectivity index (χ2n) is 6.65. The number of fused-ring (bicyclic) bond motifs is 1. The van der Waals surface area contributed by atoms with Crippen molar-refractivity contribution in [2.24, 2.45) is 0 Å². The number of pyridine rings is 1. The van der Waals surface area contributed by atoms with Crippen LogP contribution in [0.2, 0.25) is 0 Å². The zero-order valence-electron chi connectivity index (χ0n) is 15.4. The fraction of sp³-hybridized carbons (Fsp3) is 0.273. The molecule has 4 nitrogen and oxygen atoms in total. The standard InChI is InChI=1S/C22H23N3OS/c1-2-16-7-9-17(10-8-16)23-20-15-21(22(26)25-11-13-27-14-12-25)24-19-6-4-3-5-18(19)20/h3-10,15H,2,11-14H2,1H3,(H,23,24). The molecular formula is C22H23N3OS. The molecule has 0 atom stereocenters. The van der Waals surface area contributed by atoms with E-state index in [1.54, 1.807) is 0 Å². The Hall–Kier alpha value is -2.53. The van der Waals surface area contributed by atoms with E-state index in [-0.39, 0.29) is 5.91 Å². The number of thioether (sulfide) groups is 1. The molecule has 0 bridgehead atoms. The van der Waals surface area contributed by atoms with Crippen molar-refractivity contribution in [3.05, 3.63) is 65.9 Å². The minimum absolute atomic E-state index is 0.0189. The van der Waals surface area contributed by atoms with Crippen LogP contribution in [0.3, 0.4) is 0 Å². The third-order valence-corrected chi connectivity index (χ3v) is 5.82. The van der Waals surface area contributed by atoms with Gasteiger partial charge in [-0.15, -0.1) is 0 Å². The zero-order valence-corrected chi connectivity index (χ0v) is 16.3. The number of aromatic nitrogens is 1. The normalized spacial score (nSPS) is 14.3. The molecule has 138 valence electrons. The Labute approximate surface area is 164 Å². The molecule has 1 aliphatic heterocycles. The highest BCUT2D eigenvalue weighted by Gasteiger charge is 2.21. The van der Waals surface area contributed by atoms with Gasteiger partial charge in [-0.05, 0) is 36.2 Å². The molecule has 2 heterocycles. The van der Waals surface area contributed by atoms with Crippen LogP contribution < -0.4 is 5.32 Å². The van der Waals surface area contributed by atoms with Gasteiger partial charge < -0.3 is 10.2 Å². The van der Waals surface area contributed by atoms with E-state index in [0.29, 0.717) is 5.69 Å².